The normalized spacial score (nSPS) is 23.0. The van der Waals surface area contributed by atoms with Crippen molar-refractivity contribution in [2.24, 2.45) is 5.92 Å². The number of aromatic nitrogens is 2. The SMILES string of the molecule is C=CCCCCCC(NC(=O)O)C(=O)N1C[C@H](Oc2nc3ccccc3nc2-c2cccs2)C[C@H]1C(=O)N[C@]1(C(=O)NS(=O)(=O)C2CC2)C[C@H]1C=C. The van der Waals surface area contributed by atoms with E-state index >= 15 is 0 Å². The van der Waals surface area contributed by atoms with Gasteiger partial charge in [-0.15, -0.1) is 24.5 Å². The maximum Gasteiger partial charge on any atom is 0.405 e. The van der Waals surface area contributed by atoms with E-state index in [1.807, 2.05) is 35.7 Å². The van der Waals surface area contributed by atoms with Gasteiger partial charge in [-0.25, -0.2) is 23.2 Å². The lowest BCUT2D eigenvalue weighted by Gasteiger charge is -2.29. The zero-order chi connectivity index (χ0) is 37.0. The molecule has 6 rings (SSSR count). The molecule has 52 heavy (non-hydrogen) atoms. The summed E-state index contributed by atoms with van der Waals surface area (Å²) >= 11 is 1.45. The molecule has 5 atom stereocenters. The van der Waals surface area contributed by atoms with E-state index in [4.69, 9.17) is 14.7 Å². The number of carboxylic acid groups (broad SMARTS) is 1. The molecule has 3 aromatic rings. The lowest BCUT2D eigenvalue weighted by molar-refractivity contribution is -0.141. The smallest absolute Gasteiger partial charge is 0.405 e. The number of fused-ring (bicyclic) bond motifs is 1. The molecule has 1 unspecified atom stereocenters. The molecule has 2 aliphatic carbocycles. The van der Waals surface area contributed by atoms with Crippen LogP contribution in [0, 0.1) is 5.92 Å². The highest BCUT2D eigenvalue weighted by atomic mass is 32.2. The van der Waals surface area contributed by atoms with Gasteiger partial charge in [0.25, 0.3) is 5.91 Å². The van der Waals surface area contributed by atoms with Crippen LogP contribution >= 0.6 is 11.3 Å². The van der Waals surface area contributed by atoms with Crippen molar-refractivity contribution in [1.29, 1.82) is 0 Å². The predicted octanol–water partition coefficient (Wildman–Crippen LogP) is 4.15. The van der Waals surface area contributed by atoms with E-state index in [1.165, 1.54) is 22.3 Å². The van der Waals surface area contributed by atoms with Crippen LogP contribution in [0.5, 0.6) is 5.88 Å². The van der Waals surface area contributed by atoms with Gasteiger partial charge in [0.15, 0.2) is 0 Å². The summed E-state index contributed by atoms with van der Waals surface area (Å²) in [6.07, 6.45) is 5.20. The second-order valence-electron chi connectivity index (χ2n) is 13.4. The molecule has 4 N–H and O–H groups in total. The molecule has 0 spiro atoms. The Labute approximate surface area is 305 Å². The number of nitrogens with one attached hydrogen (secondary N) is 3. The first-order valence-electron chi connectivity index (χ1n) is 17.3. The summed E-state index contributed by atoms with van der Waals surface area (Å²) in [5.41, 5.74) is 0.152. The molecule has 2 saturated carbocycles. The van der Waals surface area contributed by atoms with Gasteiger partial charge in [-0.1, -0.05) is 43.2 Å². The Morgan fingerprint density at radius 1 is 1.08 bits per heavy atom. The molecule has 14 nitrogen and oxygen atoms in total. The second-order valence-corrected chi connectivity index (χ2v) is 16.3. The van der Waals surface area contributed by atoms with Crippen molar-refractivity contribution in [3.8, 4) is 16.5 Å². The number of para-hydroxylation sites is 2. The Hall–Kier alpha value is -4.83. The third-order valence-electron chi connectivity index (χ3n) is 9.67. The van der Waals surface area contributed by atoms with Gasteiger partial charge in [0.2, 0.25) is 27.7 Å². The van der Waals surface area contributed by atoms with Crippen LogP contribution in [0.15, 0.2) is 67.1 Å². The van der Waals surface area contributed by atoms with Crippen LogP contribution in [0.4, 0.5) is 4.79 Å². The monoisotopic (exact) mass is 750 g/mol. The van der Waals surface area contributed by atoms with Crippen LogP contribution in [-0.2, 0) is 24.4 Å². The molecule has 16 heteroatoms. The number of ether oxygens (including phenoxy) is 1. The van der Waals surface area contributed by atoms with E-state index in [0.29, 0.717) is 36.0 Å². The van der Waals surface area contributed by atoms with Crippen LogP contribution in [-0.4, -0.2) is 87.7 Å². The highest BCUT2D eigenvalue weighted by Gasteiger charge is 2.62. The largest absolute Gasteiger partial charge is 0.471 e. The van der Waals surface area contributed by atoms with Crippen molar-refractivity contribution >= 4 is 56.2 Å². The molecule has 0 radical (unpaired) electrons. The topological polar surface area (TPSA) is 197 Å². The Bertz CT molecular complexity index is 1970. The van der Waals surface area contributed by atoms with Gasteiger partial charge in [0, 0.05) is 12.3 Å². The lowest BCUT2D eigenvalue weighted by atomic mass is 10.0. The Morgan fingerprint density at radius 2 is 1.83 bits per heavy atom. The molecule has 1 aliphatic heterocycles. The molecular formula is C36H42N6O8S2. The second kappa shape index (κ2) is 15.4. The number of likely N-dealkylation sites (tertiary alicyclic amines) is 1. The van der Waals surface area contributed by atoms with E-state index in [0.717, 1.165) is 24.1 Å². The van der Waals surface area contributed by atoms with Gasteiger partial charge in [-0.05, 0) is 62.1 Å². The molecule has 1 saturated heterocycles. The minimum atomic E-state index is -3.91. The molecule has 0 bridgehead atoms. The summed E-state index contributed by atoms with van der Waals surface area (Å²) in [7, 11) is -3.91. The van der Waals surface area contributed by atoms with Crippen molar-refractivity contribution in [2.45, 2.75) is 86.8 Å². The highest BCUT2D eigenvalue weighted by Crippen LogP contribution is 2.45. The number of thiophene rings is 1. The maximum atomic E-state index is 14.2. The van der Waals surface area contributed by atoms with E-state index in [2.05, 4.69) is 28.5 Å². The number of carbonyl (C=O) groups is 4. The summed E-state index contributed by atoms with van der Waals surface area (Å²) < 4.78 is 33.9. The Morgan fingerprint density at radius 3 is 2.46 bits per heavy atom. The van der Waals surface area contributed by atoms with Crippen LogP contribution in [0.1, 0.15) is 57.8 Å². The summed E-state index contributed by atoms with van der Waals surface area (Å²) in [5.74, 6) is -2.52. The van der Waals surface area contributed by atoms with Crippen LogP contribution in [0.2, 0.25) is 0 Å². The van der Waals surface area contributed by atoms with E-state index in [-0.39, 0.29) is 31.7 Å². The third-order valence-corrected chi connectivity index (χ3v) is 12.4. The number of hydrogen-bond donors (Lipinski definition) is 4. The number of unbranched alkanes of at least 4 members (excludes halogenated alkanes) is 3. The first-order valence-corrected chi connectivity index (χ1v) is 19.8. The fraction of sp³-hybridized carbons (Fsp3) is 0.444. The maximum absolute atomic E-state index is 14.2. The van der Waals surface area contributed by atoms with Gasteiger partial charge in [-0.2, -0.15) is 0 Å². The standard InChI is InChI=1S/C36H42N6O8S2/c1-3-5-6-7-8-14-27(39-35(46)47)33(44)42-21-23(50-32-30(29-15-11-18-51-29)37-25-12-9-10-13-26(25)38-32)19-28(42)31(43)40-36(20-22(36)4-2)34(45)41-52(48,49)24-16-17-24/h3-4,9-13,15,18,22-24,27-28,39H,1-2,5-8,14,16-17,19-21H2,(H,40,43)(H,41,45)(H,46,47)/t22-,23-,27?,28+,36-/m1/s1. The predicted molar refractivity (Wildman–Crippen MR) is 195 cm³/mol. The molecule has 3 heterocycles. The number of benzene rings is 1. The summed E-state index contributed by atoms with van der Waals surface area (Å²) in [6, 6.07) is 8.73. The summed E-state index contributed by atoms with van der Waals surface area (Å²) in [5, 5.41) is 16.0. The summed E-state index contributed by atoms with van der Waals surface area (Å²) in [6.45, 7) is 7.38. The van der Waals surface area contributed by atoms with E-state index < -0.39 is 68.7 Å². The average molecular weight is 751 g/mol. The minimum absolute atomic E-state index is 0.0219. The third kappa shape index (κ3) is 8.12. The number of hydrogen-bond acceptors (Lipinski definition) is 10. The van der Waals surface area contributed by atoms with Crippen molar-refractivity contribution < 1.29 is 37.4 Å². The number of carbonyl (C=O) groups excluding carboxylic acids is 3. The van der Waals surface area contributed by atoms with Crippen LogP contribution in [0.3, 0.4) is 0 Å². The number of nitrogens with zero attached hydrogens (tertiary/aromatic N) is 3. The number of amides is 4. The van der Waals surface area contributed by atoms with Crippen molar-refractivity contribution in [3.63, 3.8) is 0 Å². The molecule has 4 amide bonds. The van der Waals surface area contributed by atoms with Gasteiger partial charge >= 0.3 is 6.09 Å². The fourth-order valence-corrected chi connectivity index (χ4v) is 8.68. The quantitative estimate of drug-likeness (QED) is 0.115. The zero-order valence-corrected chi connectivity index (χ0v) is 30.2. The molecule has 276 valence electrons. The molecule has 3 fully saturated rings. The van der Waals surface area contributed by atoms with Gasteiger partial charge in [0.1, 0.15) is 29.4 Å². The minimum Gasteiger partial charge on any atom is -0.471 e. The zero-order valence-electron chi connectivity index (χ0n) is 28.5. The number of rotatable bonds is 17. The van der Waals surface area contributed by atoms with E-state index in [9.17, 15) is 32.7 Å². The van der Waals surface area contributed by atoms with Crippen molar-refractivity contribution in [2.75, 3.05) is 6.54 Å². The molecular weight excluding hydrogens is 709 g/mol. The first kappa shape index (κ1) is 36.9. The van der Waals surface area contributed by atoms with Crippen molar-refractivity contribution in [3.05, 3.63) is 67.1 Å². The number of sulfonamides is 1. The number of allylic oxidation sites excluding steroid dienone is 1. The first-order chi connectivity index (χ1) is 25.0. The van der Waals surface area contributed by atoms with Crippen LogP contribution in [0.25, 0.3) is 21.6 Å². The summed E-state index contributed by atoms with van der Waals surface area (Å²) in [4.78, 5) is 65.3. The molecule has 2 aromatic heterocycles. The highest BCUT2D eigenvalue weighted by molar-refractivity contribution is 7.91. The van der Waals surface area contributed by atoms with Gasteiger partial charge < -0.3 is 25.4 Å². The molecule has 1 aromatic carbocycles. The lowest BCUT2D eigenvalue weighted by Crippen LogP contribution is -2.58. The Kier molecular flexibility index (Phi) is 11.0. The molecule has 3 aliphatic rings. The van der Waals surface area contributed by atoms with Gasteiger partial charge in [0.05, 0.1) is 27.7 Å². The Balaban J connectivity index is 1.28. The van der Waals surface area contributed by atoms with E-state index in [1.54, 1.807) is 12.1 Å². The van der Waals surface area contributed by atoms with Gasteiger partial charge in [-0.3, -0.25) is 19.1 Å². The van der Waals surface area contributed by atoms with Crippen molar-refractivity contribution in [1.82, 2.24) is 30.2 Å². The van der Waals surface area contributed by atoms with Crippen LogP contribution < -0.4 is 20.1 Å². The average Bonchev–Trinajstić information content (AvgIpc) is 3.99. The fourth-order valence-electron chi connectivity index (χ4n) is 6.61.